The predicted molar refractivity (Wildman–Crippen MR) is 109 cm³/mol. The SMILES string of the molecule is COc1ccc(-c2cnco2)cc1-c1ccc(CC(=O)C2=C(C)NNS2)cc1. The third kappa shape index (κ3) is 3.67. The summed E-state index contributed by atoms with van der Waals surface area (Å²) in [6.45, 7) is 1.89. The molecule has 0 bridgehead atoms. The van der Waals surface area contributed by atoms with Crippen LogP contribution in [0.25, 0.3) is 22.5 Å². The third-order valence-electron chi connectivity index (χ3n) is 4.53. The Morgan fingerprint density at radius 1 is 1.18 bits per heavy atom. The van der Waals surface area contributed by atoms with Gasteiger partial charge in [0, 0.05) is 23.2 Å². The van der Waals surface area contributed by atoms with Gasteiger partial charge < -0.3 is 14.6 Å². The van der Waals surface area contributed by atoms with Crippen molar-refractivity contribution in [2.45, 2.75) is 13.3 Å². The lowest BCUT2D eigenvalue weighted by Gasteiger charge is -2.11. The molecule has 0 atom stereocenters. The smallest absolute Gasteiger partial charge is 0.181 e. The molecule has 1 aromatic heterocycles. The summed E-state index contributed by atoms with van der Waals surface area (Å²) in [6.07, 6.45) is 3.45. The van der Waals surface area contributed by atoms with Crippen LogP contribution in [0.2, 0.25) is 0 Å². The summed E-state index contributed by atoms with van der Waals surface area (Å²) in [4.78, 5) is 20.1. The van der Waals surface area contributed by atoms with Gasteiger partial charge in [0.15, 0.2) is 17.9 Å². The fourth-order valence-electron chi connectivity index (χ4n) is 3.07. The molecule has 28 heavy (non-hydrogen) atoms. The summed E-state index contributed by atoms with van der Waals surface area (Å²) in [7, 11) is 1.65. The van der Waals surface area contributed by atoms with E-state index in [-0.39, 0.29) is 5.78 Å². The molecular formula is C21H19N3O3S. The molecule has 6 nitrogen and oxygen atoms in total. The minimum atomic E-state index is 0.0950. The summed E-state index contributed by atoms with van der Waals surface area (Å²) in [5.74, 6) is 1.57. The van der Waals surface area contributed by atoms with E-state index in [9.17, 15) is 4.79 Å². The van der Waals surface area contributed by atoms with Crippen LogP contribution in [0.4, 0.5) is 0 Å². The first-order chi connectivity index (χ1) is 13.7. The standard InChI is InChI=1S/C21H19N3O3S/c1-13-21(28-24-23-13)18(25)9-14-3-5-15(6-4-14)17-10-16(7-8-19(17)26-2)20-11-22-12-27-20/h3-8,10-12,23-24H,9H2,1-2H3. The second-order valence-corrected chi connectivity index (χ2v) is 7.18. The molecule has 1 aliphatic heterocycles. The van der Waals surface area contributed by atoms with E-state index in [4.69, 9.17) is 9.15 Å². The Hall–Kier alpha value is -3.03. The average molecular weight is 393 g/mol. The molecule has 0 spiro atoms. The Labute approximate surface area is 167 Å². The Balaban J connectivity index is 1.59. The zero-order valence-electron chi connectivity index (χ0n) is 15.5. The monoisotopic (exact) mass is 393 g/mol. The lowest BCUT2D eigenvalue weighted by Crippen LogP contribution is -2.16. The number of ether oxygens (including phenoxy) is 1. The fourth-order valence-corrected chi connectivity index (χ4v) is 3.76. The first-order valence-electron chi connectivity index (χ1n) is 8.74. The van der Waals surface area contributed by atoms with Crippen LogP contribution in [0.3, 0.4) is 0 Å². The highest BCUT2D eigenvalue weighted by atomic mass is 32.2. The van der Waals surface area contributed by atoms with Crippen molar-refractivity contribution in [1.29, 1.82) is 0 Å². The zero-order valence-corrected chi connectivity index (χ0v) is 16.3. The fraction of sp³-hybridized carbons (Fsp3) is 0.143. The van der Waals surface area contributed by atoms with Crippen molar-refractivity contribution >= 4 is 17.7 Å². The zero-order chi connectivity index (χ0) is 19.5. The molecule has 2 N–H and O–H groups in total. The van der Waals surface area contributed by atoms with Crippen molar-refractivity contribution in [3.63, 3.8) is 0 Å². The number of ketones is 1. The van der Waals surface area contributed by atoms with Gasteiger partial charge in [-0.3, -0.25) is 4.79 Å². The topological polar surface area (TPSA) is 76.4 Å². The molecule has 1 aliphatic rings. The summed E-state index contributed by atoms with van der Waals surface area (Å²) in [5.41, 5.74) is 7.65. The van der Waals surface area contributed by atoms with Crippen molar-refractivity contribution in [3.05, 3.63) is 71.2 Å². The second kappa shape index (κ2) is 7.92. The summed E-state index contributed by atoms with van der Waals surface area (Å²) in [5, 5.41) is 0. The first kappa shape index (κ1) is 18.3. The number of benzene rings is 2. The second-order valence-electron chi connectivity index (χ2n) is 6.36. The Kier molecular flexibility index (Phi) is 5.18. The highest BCUT2D eigenvalue weighted by molar-refractivity contribution is 8.02. The Morgan fingerprint density at radius 2 is 1.96 bits per heavy atom. The average Bonchev–Trinajstić information content (AvgIpc) is 3.40. The number of nitrogens with one attached hydrogen (secondary N) is 2. The molecule has 0 unspecified atom stereocenters. The number of carbonyl (C=O) groups excluding carboxylic acids is 1. The van der Waals surface area contributed by atoms with Gasteiger partial charge in [0.05, 0.1) is 18.2 Å². The summed E-state index contributed by atoms with van der Waals surface area (Å²) >= 11 is 1.32. The lowest BCUT2D eigenvalue weighted by atomic mass is 9.98. The van der Waals surface area contributed by atoms with Crippen molar-refractivity contribution < 1.29 is 13.9 Å². The minimum absolute atomic E-state index is 0.0950. The van der Waals surface area contributed by atoms with E-state index in [1.807, 2.05) is 49.4 Å². The number of hydrazine groups is 1. The van der Waals surface area contributed by atoms with Crippen molar-refractivity contribution in [1.82, 2.24) is 15.2 Å². The lowest BCUT2D eigenvalue weighted by molar-refractivity contribution is -0.114. The van der Waals surface area contributed by atoms with Crippen LogP contribution < -0.4 is 15.0 Å². The minimum Gasteiger partial charge on any atom is -0.496 e. The molecule has 0 fully saturated rings. The van der Waals surface area contributed by atoms with E-state index in [1.54, 1.807) is 13.3 Å². The molecule has 0 radical (unpaired) electrons. The molecule has 142 valence electrons. The number of hydrogen-bond donors (Lipinski definition) is 2. The number of nitrogens with zero attached hydrogens (tertiary/aromatic N) is 1. The van der Waals surface area contributed by atoms with Crippen LogP contribution in [0, 0.1) is 0 Å². The van der Waals surface area contributed by atoms with Crippen LogP contribution in [-0.2, 0) is 11.2 Å². The predicted octanol–water partition coefficient (Wildman–Crippen LogP) is 4.12. The molecule has 7 heteroatoms. The van der Waals surface area contributed by atoms with E-state index in [0.29, 0.717) is 12.2 Å². The van der Waals surface area contributed by atoms with Crippen molar-refractivity contribution in [2.75, 3.05) is 7.11 Å². The van der Waals surface area contributed by atoms with Gasteiger partial charge in [-0.05, 0) is 48.2 Å². The van der Waals surface area contributed by atoms with Gasteiger partial charge in [0.25, 0.3) is 0 Å². The number of aromatic nitrogens is 1. The van der Waals surface area contributed by atoms with Crippen molar-refractivity contribution in [3.8, 4) is 28.2 Å². The van der Waals surface area contributed by atoms with Crippen LogP contribution in [0.15, 0.2) is 70.1 Å². The van der Waals surface area contributed by atoms with Crippen LogP contribution >= 0.6 is 11.9 Å². The van der Waals surface area contributed by atoms with E-state index >= 15 is 0 Å². The molecule has 0 saturated heterocycles. The van der Waals surface area contributed by atoms with Gasteiger partial charge in [0.1, 0.15) is 5.75 Å². The summed E-state index contributed by atoms with van der Waals surface area (Å²) in [6, 6.07) is 13.8. The molecule has 4 rings (SSSR count). The van der Waals surface area contributed by atoms with E-state index in [1.165, 1.54) is 18.3 Å². The molecule has 0 aliphatic carbocycles. The molecule has 0 amide bonds. The molecule has 0 saturated carbocycles. The van der Waals surface area contributed by atoms with E-state index in [2.05, 4.69) is 15.2 Å². The first-order valence-corrected chi connectivity index (χ1v) is 9.55. The molecule has 2 heterocycles. The number of carbonyl (C=O) groups is 1. The molecular weight excluding hydrogens is 374 g/mol. The number of hydrogen-bond acceptors (Lipinski definition) is 7. The van der Waals surface area contributed by atoms with Gasteiger partial charge in [-0.2, -0.15) is 4.83 Å². The normalized spacial score (nSPS) is 13.5. The van der Waals surface area contributed by atoms with E-state index in [0.717, 1.165) is 38.6 Å². The third-order valence-corrected chi connectivity index (χ3v) is 5.47. The largest absolute Gasteiger partial charge is 0.496 e. The van der Waals surface area contributed by atoms with Gasteiger partial charge in [-0.25, -0.2) is 4.98 Å². The van der Waals surface area contributed by atoms with E-state index < -0.39 is 0 Å². The maximum Gasteiger partial charge on any atom is 0.181 e. The molecule has 3 aromatic rings. The highest BCUT2D eigenvalue weighted by Crippen LogP contribution is 2.34. The number of Topliss-reactive ketones (excluding diaryl/α,β-unsaturated/α-hetero) is 1. The number of rotatable bonds is 6. The van der Waals surface area contributed by atoms with Gasteiger partial charge in [-0.15, -0.1) is 0 Å². The van der Waals surface area contributed by atoms with Crippen LogP contribution in [0.1, 0.15) is 12.5 Å². The van der Waals surface area contributed by atoms with Crippen LogP contribution in [0.5, 0.6) is 5.75 Å². The maximum absolute atomic E-state index is 12.5. The molecule has 2 aromatic carbocycles. The number of oxazole rings is 1. The van der Waals surface area contributed by atoms with Gasteiger partial charge in [0.2, 0.25) is 0 Å². The highest BCUT2D eigenvalue weighted by Gasteiger charge is 2.19. The number of methoxy groups -OCH3 is 1. The van der Waals surface area contributed by atoms with Gasteiger partial charge >= 0.3 is 0 Å². The van der Waals surface area contributed by atoms with Crippen LogP contribution in [-0.4, -0.2) is 17.9 Å². The Morgan fingerprint density at radius 3 is 2.61 bits per heavy atom. The number of allylic oxidation sites excluding steroid dienone is 2. The summed E-state index contributed by atoms with van der Waals surface area (Å²) < 4.78 is 10.9. The Bertz CT molecular complexity index is 1030. The van der Waals surface area contributed by atoms with Gasteiger partial charge in [-0.1, -0.05) is 24.3 Å². The quantitative estimate of drug-likeness (QED) is 0.610. The maximum atomic E-state index is 12.5. The van der Waals surface area contributed by atoms with Crippen molar-refractivity contribution in [2.24, 2.45) is 0 Å².